The predicted molar refractivity (Wildman–Crippen MR) is 99.3 cm³/mol. The smallest absolute Gasteiger partial charge is 0.0530 e. The van der Waals surface area contributed by atoms with Crippen LogP contribution < -0.4 is 4.31 Å². The second-order valence-corrected chi connectivity index (χ2v) is 7.75. The van der Waals surface area contributed by atoms with Crippen molar-refractivity contribution < 1.29 is 0 Å². The molecule has 2 aromatic rings. The van der Waals surface area contributed by atoms with Crippen molar-refractivity contribution in [3.8, 4) is 11.1 Å². The fourth-order valence-corrected chi connectivity index (χ4v) is 4.62. The zero-order valence-corrected chi connectivity index (χ0v) is 14.6. The van der Waals surface area contributed by atoms with Crippen LogP contribution in [0.4, 0.5) is 5.69 Å². The first-order valence-electron chi connectivity index (χ1n) is 8.26. The number of anilines is 1. The second-order valence-electron chi connectivity index (χ2n) is 6.57. The van der Waals surface area contributed by atoms with E-state index in [0.717, 1.165) is 6.54 Å². The van der Waals surface area contributed by atoms with Gasteiger partial charge in [-0.25, -0.2) is 4.31 Å². The molecule has 0 saturated carbocycles. The fraction of sp³-hybridized carbons (Fsp3) is 0.368. The van der Waals surface area contributed by atoms with E-state index >= 15 is 0 Å². The molecule has 0 N–H and O–H groups in total. The van der Waals surface area contributed by atoms with Gasteiger partial charge in [0.05, 0.1) is 5.69 Å². The number of rotatable bonds is 2. The van der Waals surface area contributed by atoms with E-state index in [0.29, 0.717) is 6.04 Å². The highest BCUT2D eigenvalue weighted by Crippen LogP contribution is 2.39. The van der Waals surface area contributed by atoms with Crippen LogP contribution in [0.15, 0.2) is 48.5 Å². The van der Waals surface area contributed by atoms with Crippen molar-refractivity contribution in [1.29, 1.82) is 0 Å². The van der Waals surface area contributed by atoms with E-state index in [1.165, 1.54) is 41.9 Å². The fourth-order valence-electron chi connectivity index (χ4n) is 3.54. The van der Waals surface area contributed by atoms with Gasteiger partial charge in [-0.3, -0.25) is 0 Å². The van der Waals surface area contributed by atoms with E-state index in [9.17, 15) is 0 Å². The average Bonchev–Trinajstić information content (AvgIpc) is 3.02. The quantitative estimate of drug-likeness (QED) is 0.775. The van der Waals surface area contributed by atoms with Crippen molar-refractivity contribution in [3.63, 3.8) is 0 Å². The lowest BCUT2D eigenvalue weighted by Gasteiger charge is -2.37. The molecule has 2 aliphatic heterocycles. The third-order valence-corrected chi connectivity index (χ3v) is 5.94. The summed E-state index contributed by atoms with van der Waals surface area (Å²) in [6, 6.07) is 18.2. The number of hydrogen-bond acceptors (Lipinski definition) is 4. The molecule has 2 aromatic carbocycles. The van der Waals surface area contributed by atoms with E-state index in [4.69, 9.17) is 0 Å². The summed E-state index contributed by atoms with van der Waals surface area (Å²) in [7, 11) is 4.40. The van der Waals surface area contributed by atoms with Gasteiger partial charge in [0.2, 0.25) is 0 Å². The van der Waals surface area contributed by atoms with Crippen molar-refractivity contribution >= 4 is 17.8 Å². The Morgan fingerprint density at radius 3 is 2.57 bits per heavy atom. The summed E-state index contributed by atoms with van der Waals surface area (Å²) in [4.78, 5) is 2.43. The Hall–Kier alpha value is -1.49. The zero-order valence-electron chi connectivity index (χ0n) is 13.8. The molecule has 0 aromatic heterocycles. The first-order valence-corrected chi connectivity index (χ1v) is 8.99. The molecule has 4 rings (SSSR count). The Bertz CT molecular complexity index is 688. The molecule has 1 fully saturated rings. The second kappa shape index (κ2) is 6.19. The third kappa shape index (κ3) is 2.99. The number of benzene rings is 2. The van der Waals surface area contributed by atoms with Crippen LogP contribution in [-0.4, -0.2) is 42.4 Å². The number of hydrogen-bond donors (Lipinski definition) is 0. The van der Waals surface area contributed by atoms with Gasteiger partial charge in [-0.15, -0.1) is 0 Å². The lowest BCUT2D eigenvalue weighted by Crippen LogP contribution is -2.37. The third-order valence-electron chi connectivity index (χ3n) is 4.86. The van der Waals surface area contributed by atoms with Crippen molar-refractivity contribution in [2.75, 3.05) is 31.5 Å². The highest BCUT2D eigenvalue weighted by molar-refractivity contribution is 7.98. The number of nitrogens with zero attached hydrogens (tertiary/aromatic N) is 3. The van der Waals surface area contributed by atoms with Crippen LogP contribution in [0.5, 0.6) is 0 Å². The van der Waals surface area contributed by atoms with Crippen LogP contribution in [0.1, 0.15) is 12.0 Å². The van der Waals surface area contributed by atoms with Crippen LogP contribution in [0, 0.1) is 0 Å². The predicted octanol–water partition coefficient (Wildman–Crippen LogP) is 3.87. The maximum absolute atomic E-state index is 2.55. The molecule has 0 spiro atoms. The van der Waals surface area contributed by atoms with Gasteiger partial charge in [-0.05, 0) is 42.8 Å². The van der Waals surface area contributed by atoms with Gasteiger partial charge >= 0.3 is 0 Å². The van der Waals surface area contributed by atoms with Crippen LogP contribution in [0.3, 0.4) is 0 Å². The lowest BCUT2D eigenvalue weighted by molar-refractivity contribution is 0.327. The molecule has 3 nitrogen and oxygen atoms in total. The summed E-state index contributed by atoms with van der Waals surface area (Å²) >= 11 is 1.87. The molecule has 1 saturated heterocycles. The van der Waals surface area contributed by atoms with Gasteiger partial charge < -0.3 is 9.21 Å². The maximum atomic E-state index is 2.55. The molecule has 2 heterocycles. The Morgan fingerprint density at radius 2 is 1.83 bits per heavy atom. The van der Waals surface area contributed by atoms with E-state index in [-0.39, 0.29) is 0 Å². The van der Waals surface area contributed by atoms with Crippen LogP contribution >= 0.6 is 12.1 Å². The van der Waals surface area contributed by atoms with Gasteiger partial charge in [0, 0.05) is 38.3 Å². The molecule has 120 valence electrons. The normalized spacial score (nSPS) is 22.3. The van der Waals surface area contributed by atoms with E-state index in [2.05, 4.69) is 76.1 Å². The molecular weight excluding hydrogens is 302 g/mol. The molecule has 1 unspecified atom stereocenters. The minimum Gasteiger partial charge on any atom is -0.306 e. The minimum atomic E-state index is 0.661. The van der Waals surface area contributed by atoms with E-state index < -0.39 is 0 Å². The van der Waals surface area contributed by atoms with Gasteiger partial charge in [-0.1, -0.05) is 42.5 Å². The van der Waals surface area contributed by atoms with Crippen molar-refractivity contribution in [2.45, 2.75) is 19.0 Å². The first kappa shape index (κ1) is 15.1. The first-order chi connectivity index (χ1) is 11.2. The molecule has 2 aliphatic rings. The standard InChI is InChI=1S/C19H23N3S/c1-20-11-10-18(14-20)22-13-17-9-8-16(12-19(17)21(2)23-22)15-6-4-3-5-7-15/h3-9,12,18H,10-11,13-14H2,1-2H3. The van der Waals surface area contributed by atoms with Crippen LogP contribution in [-0.2, 0) is 6.54 Å². The van der Waals surface area contributed by atoms with Crippen molar-refractivity contribution in [1.82, 2.24) is 9.21 Å². The average molecular weight is 325 g/mol. The molecule has 1 atom stereocenters. The highest BCUT2D eigenvalue weighted by atomic mass is 32.2. The summed E-state index contributed by atoms with van der Waals surface area (Å²) in [5.74, 6) is 0. The summed E-state index contributed by atoms with van der Waals surface area (Å²) in [5, 5.41) is 0. The molecule has 0 aliphatic carbocycles. The van der Waals surface area contributed by atoms with Crippen LogP contribution in [0.25, 0.3) is 11.1 Å². The molecular formula is C19H23N3S. The molecule has 4 heteroatoms. The molecule has 23 heavy (non-hydrogen) atoms. The number of likely N-dealkylation sites (tertiary alicyclic amines) is 1. The number of likely N-dealkylation sites (N-methyl/N-ethyl adjacent to an activating group) is 1. The van der Waals surface area contributed by atoms with Crippen molar-refractivity contribution in [2.24, 2.45) is 0 Å². The van der Waals surface area contributed by atoms with E-state index in [1.807, 2.05) is 12.1 Å². The Balaban J connectivity index is 1.60. The van der Waals surface area contributed by atoms with Gasteiger partial charge in [0.15, 0.2) is 0 Å². The Morgan fingerprint density at radius 1 is 1.00 bits per heavy atom. The molecule has 0 bridgehead atoms. The van der Waals surface area contributed by atoms with Crippen molar-refractivity contribution in [3.05, 3.63) is 54.1 Å². The monoisotopic (exact) mass is 325 g/mol. The number of fused-ring (bicyclic) bond motifs is 1. The maximum Gasteiger partial charge on any atom is 0.0530 e. The SMILES string of the molecule is CN1CCC(N2Cc3ccc(-c4ccccc4)cc3N(C)S2)C1. The largest absolute Gasteiger partial charge is 0.306 e. The van der Waals surface area contributed by atoms with Gasteiger partial charge in [0.25, 0.3) is 0 Å². The summed E-state index contributed by atoms with van der Waals surface area (Å²) in [6.45, 7) is 3.43. The topological polar surface area (TPSA) is 9.72 Å². The highest BCUT2D eigenvalue weighted by Gasteiger charge is 2.31. The van der Waals surface area contributed by atoms with Crippen LogP contribution in [0.2, 0.25) is 0 Å². The van der Waals surface area contributed by atoms with Gasteiger partial charge in [-0.2, -0.15) is 0 Å². The van der Waals surface area contributed by atoms with E-state index in [1.54, 1.807) is 0 Å². The summed E-state index contributed by atoms with van der Waals surface area (Å²) < 4.78 is 4.87. The minimum absolute atomic E-state index is 0.661. The Labute approximate surface area is 143 Å². The Kier molecular flexibility index (Phi) is 4.05. The lowest BCUT2D eigenvalue weighted by atomic mass is 10.0. The van der Waals surface area contributed by atoms with Gasteiger partial charge in [0.1, 0.15) is 0 Å². The molecule has 0 radical (unpaired) electrons. The summed E-state index contributed by atoms with van der Waals surface area (Å²) in [6.07, 6.45) is 1.27. The zero-order chi connectivity index (χ0) is 15.8. The molecule has 0 amide bonds. The summed E-state index contributed by atoms with van der Waals surface area (Å²) in [5.41, 5.74) is 5.36.